The number of nitrogens with zero attached hydrogens (tertiary/aromatic N) is 2. The Morgan fingerprint density at radius 1 is 0.567 bits per heavy atom. The highest BCUT2D eigenvalue weighted by Crippen LogP contribution is 2.40. The predicted molar refractivity (Wildman–Crippen MR) is 128 cm³/mol. The molecule has 0 aliphatic heterocycles. The van der Waals surface area contributed by atoms with Crippen molar-refractivity contribution >= 4 is 43.6 Å². The van der Waals surface area contributed by atoms with Crippen LogP contribution in [0.5, 0.6) is 0 Å². The monoisotopic (exact) mass is 388 g/mol. The Morgan fingerprint density at radius 2 is 1.17 bits per heavy atom. The van der Waals surface area contributed by atoms with Crippen molar-refractivity contribution in [2.75, 3.05) is 0 Å². The zero-order valence-corrected chi connectivity index (χ0v) is 17.4. The summed E-state index contributed by atoms with van der Waals surface area (Å²) in [4.78, 5) is 0. The average molecular weight is 389 g/mol. The van der Waals surface area contributed by atoms with Gasteiger partial charge in [-0.15, -0.1) is 0 Å². The maximum atomic E-state index is 2.44. The molecule has 0 saturated heterocycles. The number of fused-ring (bicyclic) bond motifs is 7. The maximum Gasteiger partial charge on any atom is 0.0593 e. The predicted octanol–water partition coefficient (Wildman–Crippen LogP) is 6.76. The number of hydrogen-bond acceptors (Lipinski definition) is 0. The molecule has 2 nitrogen and oxygen atoms in total. The second-order valence-corrected chi connectivity index (χ2v) is 8.29. The molecular formula is C28H24N2. The first-order valence-electron chi connectivity index (χ1n) is 10.6. The van der Waals surface area contributed by atoms with Gasteiger partial charge in [0, 0.05) is 46.7 Å². The van der Waals surface area contributed by atoms with E-state index in [9.17, 15) is 0 Å². The van der Waals surface area contributed by atoms with Crippen molar-refractivity contribution in [3.8, 4) is 0 Å². The summed E-state index contributed by atoms with van der Waals surface area (Å²) in [5.74, 6) is 0. The van der Waals surface area contributed by atoms with E-state index in [2.05, 4.69) is 108 Å². The van der Waals surface area contributed by atoms with Gasteiger partial charge in [-0.25, -0.2) is 0 Å². The Kier molecular flexibility index (Phi) is 3.76. The van der Waals surface area contributed by atoms with Crippen LogP contribution in [0.4, 0.5) is 0 Å². The molecule has 0 atom stereocenters. The Balaban J connectivity index is 1.73. The van der Waals surface area contributed by atoms with E-state index < -0.39 is 0 Å². The molecule has 0 aliphatic rings. The summed E-state index contributed by atoms with van der Waals surface area (Å²) >= 11 is 0. The smallest absolute Gasteiger partial charge is 0.0593 e. The molecule has 2 heteroatoms. The largest absolute Gasteiger partial charge is 0.344 e. The molecule has 0 spiro atoms. The first-order valence-corrected chi connectivity index (χ1v) is 10.6. The zero-order valence-electron chi connectivity index (χ0n) is 17.4. The summed E-state index contributed by atoms with van der Waals surface area (Å²) < 4.78 is 4.75. The highest BCUT2D eigenvalue weighted by atomic mass is 15.0. The Morgan fingerprint density at radius 3 is 1.90 bits per heavy atom. The van der Waals surface area contributed by atoms with E-state index in [0.29, 0.717) is 0 Å². The van der Waals surface area contributed by atoms with E-state index in [4.69, 9.17) is 0 Å². The van der Waals surface area contributed by atoms with Crippen LogP contribution in [0.25, 0.3) is 43.6 Å². The maximum absolute atomic E-state index is 2.44. The SMILES string of the molecule is Cn1c2ccccc2c2c1cc(CCc1ccccc1)c1c3ccccc3n(C)c12. The van der Waals surface area contributed by atoms with Gasteiger partial charge >= 0.3 is 0 Å². The summed E-state index contributed by atoms with van der Waals surface area (Å²) in [6.07, 6.45) is 2.08. The van der Waals surface area contributed by atoms with Gasteiger partial charge in [0.1, 0.15) is 0 Å². The number of hydrogen-bond donors (Lipinski definition) is 0. The van der Waals surface area contributed by atoms with Crippen LogP contribution < -0.4 is 0 Å². The Labute approximate surface area is 176 Å². The first kappa shape index (κ1) is 17.3. The van der Waals surface area contributed by atoms with E-state index in [0.717, 1.165) is 12.8 Å². The zero-order chi connectivity index (χ0) is 20.2. The van der Waals surface area contributed by atoms with Crippen molar-refractivity contribution in [1.29, 1.82) is 0 Å². The van der Waals surface area contributed by atoms with Gasteiger partial charge in [-0.1, -0.05) is 66.7 Å². The molecule has 0 saturated carbocycles. The van der Waals surface area contributed by atoms with E-state index >= 15 is 0 Å². The lowest BCUT2D eigenvalue weighted by atomic mass is 9.97. The third-order valence-corrected chi connectivity index (χ3v) is 6.65. The van der Waals surface area contributed by atoms with Gasteiger partial charge in [-0.3, -0.25) is 0 Å². The highest BCUT2D eigenvalue weighted by Gasteiger charge is 2.19. The summed E-state index contributed by atoms with van der Waals surface area (Å²) in [6.45, 7) is 0. The van der Waals surface area contributed by atoms with Gasteiger partial charge < -0.3 is 9.13 Å². The normalized spacial score (nSPS) is 11.9. The van der Waals surface area contributed by atoms with Crippen molar-refractivity contribution in [2.24, 2.45) is 14.1 Å². The summed E-state index contributed by atoms with van der Waals surface area (Å²) in [6, 6.07) is 30.9. The highest BCUT2D eigenvalue weighted by molar-refractivity contribution is 6.26. The van der Waals surface area contributed by atoms with Gasteiger partial charge in [0.05, 0.1) is 11.0 Å². The number of aryl methyl sites for hydroxylation is 4. The summed E-state index contributed by atoms with van der Waals surface area (Å²) in [5.41, 5.74) is 8.09. The molecule has 0 unspecified atom stereocenters. The van der Waals surface area contributed by atoms with Gasteiger partial charge in [-0.05, 0) is 42.2 Å². The molecule has 2 heterocycles. The molecule has 0 bridgehead atoms. The van der Waals surface area contributed by atoms with Crippen LogP contribution >= 0.6 is 0 Å². The molecule has 0 fully saturated rings. The second kappa shape index (κ2) is 6.50. The molecule has 6 rings (SSSR count). The van der Waals surface area contributed by atoms with E-state index in [1.165, 1.54) is 54.7 Å². The average Bonchev–Trinajstić information content (AvgIpc) is 3.25. The molecule has 4 aromatic carbocycles. The minimum Gasteiger partial charge on any atom is -0.344 e. The van der Waals surface area contributed by atoms with Crippen molar-refractivity contribution in [2.45, 2.75) is 12.8 Å². The second-order valence-electron chi connectivity index (χ2n) is 8.29. The first-order chi connectivity index (χ1) is 14.7. The number of aromatic nitrogens is 2. The standard InChI is InChI=1S/C28H24N2/c1-29-23-14-8-7-13-22(23)27-25(29)18-20(17-16-19-10-4-3-5-11-19)26-21-12-6-9-15-24(21)30(2)28(26)27/h3-15,18H,16-17H2,1-2H3. The fourth-order valence-electron chi connectivity index (χ4n) is 5.20. The molecule has 30 heavy (non-hydrogen) atoms. The molecule has 6 aromatic rings. The molecular weight excluding hydrogens is 364 g/mol. The summed E-state index contributed by atoms with van der Waals surface area (Å²) in [7, 11) is 4.41. The lowest BCUT2D eigenvalue weighted by molar-refractivity contribution is 0.962. The topological polar surface area (TPSA) is 9.86 Å². The molecule has 0 amide bonds. The van der Waals surface area contributed by atoms with Gasteiger partial charge in [0.2, 0.25) is 0 Å². The van der Waals surface area contributed by atoms with Crippen molar-refractivity contribution in [3.05, 3.63) is 96.1 Å². The van der Waals surface area contributed by atoms with Crippen LogP contribution in [0.3, 0.4) is 0 Å². The van der Waals surface area contributed by atoms with Crippen molar-refractivity contribution < 1.29 is 0 Å². The Hall–Kier alpha value is -3.52. The van der Waals surface area contributed by atoms with Crippen LogP contribution in [0.2, 0.25) is 0 Å². The summed E-state index contributed by atoms with van der Waals surface area (Å²) in [5, 5.41) is 5.46. The van der Waals surface area contributed by atoms with Crippen molar-refractivity contribution in [1.82, 2.24) is 9.13 Å². The van der Waals surface area contributed by atoms with E-state index in [-0.39, 0.29) is 0 Å². The van der Waals surface area contributed by atoms with Crippen LogP contribution in [0.1, 0.15) is 11.1 Å². The van der Waals surface area contributed by atoms with Crippen molar-refractivity contribution in [3.63, 3.8) is 0 Å². The lowest BCUT2D eigenvalue weighted by Crippen LogP contribution is -1.95. The van der Waals surface area contributed by atoms with Crippen LogP contribution in [0, 0.1) is 0 Å². The lowest BCUT2D eigenvalue weighted by Gasteiger charge is -2.09. The van der Waals surface area contributed by atoms with E-state index in [1.54, 1.807) is 0 Å². The molecule has 0 radical (unpaired) electrons. The number of benzene rings is 4. The van der Waals surface area contributed by atoms with Gasteiger partial charge in [0.15, 0.2) is 0 Å². The fourth-order valence-corrected chi connectivity index (χ4v) is 5.20. The van der Waals surface area contributed by atoms with Gasteiger partial charge in [0.25, 0.3) is 0 Å². The minimum absolute atomic E-state index is 1.03. The molecule has 0 aliphatic carbocycles. The van der Waals surface area contributed by atoms with Gasteiger partial charge in [-0.2, -0.15) is 0 Å². The number of rotatable bonds is 3. The third-order valence-electron chi connectivity index (χ3n) is 6.65. The molecule has 2 aromatic heterocycles. The molecule has 146 valence electrons. The quantitative estimate of drug-likeness (QED) is 0.317. The van der Waals surface area contributed by atoms with Crippen LogP contribution in [-0.2, 0) is 26.9 Å². The van der Waals surface area contributed by atoms with E-state index in [1.807, 2.05) is 0 Å². The number of para-hydroxylation sites is 2. The Bertz CT molecular complexity index is 1550. The molecule has 0 N–H and O–H groups in total. The van der Waals surface area contributed by atoms with Crippen LogP contribution in [-0.4, -0.2) is 9.13 Å². The minimum atomic E-state index is 1.03. The fraction of sp³-hybridized carbons (Fsp3) is 0.143. The third kappa shape index (κ3) is 2.37. The van der Waals surface area contributed by atoms with Crippen LogP contribution in [0.15, 0.2) is 84.9 Å².